The number of hydrazine groups is 1. The molecule has 0 saturated carbocycles. The number of anilines is 2. The molecule has 1 aliphatic rings. The van der Waals surface area contributed by atoms with Gasteiger partial charge < -0.3 is 68.3 Å². The molecule has 0 spiro atoms. The van der Waals surface area contributed by atoms with Gasteiger partial charge in [-0.1, -0.05) is 20.3 Å². The fourth-order valence-electron chi connectivity index (χ4n) is 6.46. The smallest absolute Gasteiger partial charge is 0.481 e. The SMILES string of the molecule is CC(C)[C@H]1NC(=O)c2cc(cc(NC(=O)CCCCCNC(=O)c3ccc(NNC(=O)OC(C)(C)C)nc3)c2)CNC(=O)[C@H](CC(=O)O)NC(=O)CNC(=O)[C@H](CCCN=C(N)N)N(C)C1=O.O=C(O)C(F)(F)F.O=C(O)C(F)(F)F. The van der Waals surface area contributed by atoms with Gasteiger partial charge >= 0.3 is 36.4 Å². The summed E-state index contributed by atoms with van der Waals surface area (Å²) in [6.45, 7) is 8.08. The number of fused-ring (bicyclic) bond motifs is 2. The zero-order valence-corrected chi connectivity index (χ0v) is 44.6. The quantitative estimate of drug-likeness (QED) is 0.0351. The van der Waals surface area contributed by atoms with Crippen molar-refractivity contribution in [1.29, 1.82) is 0 Å². The molecule has 1 aliphatic heterocycles. The number of carboxylic acids is 3. The van der Waals surface area contributed by atoms with Gasteiger partial charge in [0.1, 0.15) is 29.5 Å². The minimum absolute atomic E-state index is 0.000459. The van der Waals surface area contributed by atoms with Crippen LogP contribution in [0.5, 0.6) is 0 Å². The molecule has 3 rings (SSSR count). The Bertz CT molecular complexity index is 2550. The molecule has 0 fully saturated rings. The predicted octanol–water partition coefficient (Wildman–Crippen LogP) is 1.47. The van der Waals surface area contributed by atoms with Crippen LogP contribution in [0.1, 0.15) is 106 Å². The number of nitrogens with two attached hydrogens (primary N) is 2. The fourth-order valence-corrected chi connectivity index (χ4v) is 6.46. The number of aliphatic carboxylic acids is 3. The van der Waals surface area contributed by atoms with E-state index in [0.717, 1.165) is 4.90 Å². The van der Waals surface area contributed by atoms with Gasteiger partial charge in [-0.2, -0.15) is 26.3 Å². The maximum atomic E-state index is 14.0. The van der Waals surface area contributed by atoms with Crippen LogP contribution in [-0.4, -0.2) is 159 Å². The van der Waals surface area contributed by atoms with Gasteiger partial charge in [-0.25, -0.2) is 24.8 Å². The second-order valence-electron chi connectivity index (χ2n) is 18.6. The molecule has 2 heterocycles. The standard InChI is InChI=1S/C43H63N13O11.2C2HF3O2/c1-24(2)35-40(65)56(6)30(11-10-16-47-41(44)45)39(64)50-23-33(58)52-29(20-34(59)60)38(63)49-21-25-17-27(37(62)53-35)19-28(18-25)51-32(57)12-8-7-9-15-46-36(61)26-13-14-31(48-22-26)54-55-42(66)67-43(3,4)5;2*3-2(4,5)1(6)7/h13-14,17-19,22,24,29-30,35H,7-12,15-16,20-21,23H2,1-6H3,(H,46,61)(H,48,54)(H,49,63)(H,50,64)(H,51,57)(H,52,58)(H,53,62)(H,55,66)(H,59,60)(H4,44,45,47);2*(H,6,7)/t29-,30-,35+;;/m0../s1. The minimum atomic E-state index is -5.08. The van der Waals surface area contributed by atoms with Gasteiger partial charge in [0.2, 0.25) is 29.5 Å². The lowest BCUT2D eigenvalue weighted by molar-refractivity contribution is -0.193. The topological polar surface area (TPSA) is 434 Å². The molecule has 1 aromatic heterocycles. The van der Waals surface area contributed by atoms with Crippen molar-refractivity contribution >= 4 is 82.8 Å². The molecule has 2 aromatic rings. The van der Waals surface area contributed by atoms with E-state index in [1.807, 2.05) is 0 Å². The van der Waals surface area contributed by atoms with Crippen molar-refractivity contribution in [3.63, 3.8) is 0 Å². The third kappa shape index (κ3) is 28.4. The summed E-state index contributed by atoms with van der Waals surface area (Å²) >= 11 is 0. The van der Waals surface area contributed by atoms with Crippen LogP contribution in [-0.2, 0) is 49.6 Å². The van der Waals surface area contributed by atoms with Crippen LogP contribution in [0.4, 0.5) is 42.6 Å². The van der Waals surface area contributed by atoms with Gasteiger partial charge in [-0.15, -0.1) is 0 Å². The average molecular weight is 1170 g/mol. The number of pyridine rings is 1. The van der Waals surface area contributed by atoms with Crippen molar-refractivity contribution < 1.29 is 99.1 Å². The van der Waals surface area contributed by atoms with E-state index in [-0.39, 0.29) is 66.9 Å². The van der Waals surface area contributed by atoms with Gasteiger partial charge in [-0.3, -0.25) is 48.8 Å². The number of aromatic nitrogens is 1. The molecular formula is C47H65F6N13O15. The summed E-state index contributed by atoms with van der Waals surface area (Å²) < 4.78 is 68.6. The van der Waals surface area contributed by atoms with Crippen LogP contribution in [0.3, 0.4) is 0 Å². The number of unbranched alkanes of at least 4 members (excludes halogenated alkanes) is 2. The van der Waals surface area contributed by atoms with Crippen molar-refractivity contribution in [1.82, 2.24) is 41.9 Å². The Morgan fingerprint density at radius 1 is 0.840 bits per heavy atom. The molecule has 450 valence electrons. The molecule has 34 heteroatoms. The highest BCUT2D eigenvalue weighted by molar-refractivity contribution is 6.01. The Hall–Kier alpha value is -9.01. The number of amides is 8. The predicted molar refractivity (Wildman–Crippen MR) is 272 cm³/mol. The summed E-state index contributed by atoms with van der Waals surface area (Å²) in [5, 5.41) is 39.4. The summed E-state index contributed by atoms with van der Waals surface area (Å²) in [4.78, 5) is 144. The largest absolute Gasteiger partial charge is 0.490 e. The number of halogens is 6. The Kier molecular flexibility index (Phi) is 28.3. The number of nitrogens with one attached hydrogen (secondary N) is 8. The van der Waals surface area contributed by atoms with Crippen LogP contribution in [0.2, 0.25) is 0 Å². The Labute approximate surface area is 458 Å². The lowest BCUT2D eigenvalue weighted by Crippen LogP contribution is -2.57. The number of benzene rings is 1. The molecule has 15 N–H and O–H groups in total. The first-order valence-corrected chi connectivity index (χ1v) is 24.1. The first-order chi connectivity index (χ1) is 37.4. The van der Waals surface area contributed by atoms with Crippen LogP contribution >= 0.6 is 0 Å². The van der Waals surface area contributed by atoms with Gasteiger partial charge in [0, 0.05) is 50.6 Å². The molecule has 8 amide bonds. The van der Waals surface area contributed by atoms with Gasteiger partial charge in [0.25, 0.3) is 11.8 Å². The molecule has 0 unspecified atom stereocenters. The number of carbonyl (C=O) groups excluding carboxylic acids is 8. The van der Waals surface area contributed by atoms with Gasteiger partial charge in [0.15, 0.2) is 5.96 Å². The van der Waals surface area contributed by atoms with Crippen molar-refractivity contribution in [2.24, 2.45) is 22.4 Å². The average Bonchev–Trinajstić information content (AvgIpc) is 3.35. The molecule has 81 heavy (non-hydrogen) atoms. The number of rotatable bonds is 17. The number of nitrogens with zero attached hydrogens (tertiary/aromatic N) is 3. The maximum absolute atomic E-state index is 14.0. The lowest BCUT2D eigenvalue weighted by Gasteiger charge is -2.32. The molecule has 1 aromatic carbocycles. The number of alkyl halides is 6. The maximum Gasteiger partial charge on any atom is 0.490 e. The number of hydrogen-bond acceptors (Lipinski definition) is 15. The number of ether oxygens (including phenoxy) is 1. The molecule has 28 nitrogen and oxygen atoms in total. The highest BCUT2D eigenvalue weighted by atomic mass is 19.4. The van der Waals surface area contributed by atoms with E-state index in [4.69, 9.17) is 36.0 Å². The summed E-state index contributed by atoms with van der Waals surface area (Å²) in [5.74, 6) is -11.9. The number of hydrogen-bond donors (Lipinski definition) is 13. The van der Waals surface area contributed by atoms with Crippen LogP contribution in [0, 0.1) is 5.92 Å². The van der Waals surface area contributed by atoms with Crippen LogP contribution in [0.25, 0.3) is 0 Å². The number of guanidine groups is 1. The van der Waals surface area contributed by atoms with Crippen molar-refractivity contribution in [2.75, 3.05) is 37.4 Å². The number of likely N-dealkylation sites (N-methyl/N-ethyl adjacent to an activating group) is 1. The normalized spacial score (nSPS) is 16.3. The monoisotopic (exact) mass is 1170 g/mol. The zero-order chi connectivity index (χ0) is 62.0. The van der Waals surface area contributed by atoms with E-state index >= 15 is 0 Å². The van der Waals surface area contributed by atoms with Gasteiger partial charge in [-0.05, 0) is 88.3 Å². The third-order valence-corrected chi connectivity index (χ3v) is 10.3. The molecule has 2 bridgehead atoms. The van der Waals surface area contributed by atoms with E-state index in [9.17, 15) is 74.6 Å². The Balaban J connectivity index is 0.00000206. The van der Waals surface area contributed by atoms with Crippen molar-refractivity contribution in [2.45, 2.75) is 122 Å². The molecule has 0 radical (unpaired) electrons. The first-order valence-electron chi connectivity index (χ1n) is 24.1. The Morgan fingerprint density at radius 2 is 1.44 bits per heavy atom. The number of aliphatic imine (C=N–C) groups is 1. The lowest BCUT2D eigenvalue weighted by atomic mass is 9.99. The first kappa shape index (κ1) is 70.0. The van der Waals surface area contributed by atoms with Crippen molar-refractivity contribution in [3.05, 3.63) is 53.2 Å². The van der Waals surface area contributed by atoms with E-state index in [1.54, 1.807) is 34.6 Å². The Morgan fingerprint density at radius 3 is 1.98 bits per heavy atom. The summed E-state index contributed by atoms with van der Waals surface area (Å²) in [5.41, 5.74) is 15.9. The van der Waals surface area contributed by atoms with Gasteiger partial charge in [0.05, 0.1) is 18.5 Å². The second kappa shape index (κ2) is 32.8. The van der Waals surface area contributed by atoms with Crippen LogP contribution in [0.15, 0.2) is 41.5 Å². The third-order valence-electron chi connectivity index (χ3n) is 10.3. The van der Waals surface area contributed by atoms with E-state index in [2.05, 4.69) is 52.7 Å². The summed E-state index contributed by atoms with van der Waals surface area (Å²) in [7, 11) is 1.37. The highest BCUT2D eigenvalue weighted by Crippen LogP contribution is 2.20. The molecular weight excluding hydrogens is 1100 g/mol. The number of carbonyl (C=O) groups is 11. The van der Waals surface area contributed by atoms with E-state index < -0.39 is 114 Å². The molecule has 3 atom stereocenters. The highest BCUT2D eigenvalue weighted by Gasteiger charge is 2.39. The second-order valence-corrected chi connectivity index (χ2v) is 18.6. The summed E-state index contributed by atoms with van der Waals surface area (Å²) in [6.07, 6.45) is -8.42. The zero-order valence-electron chi connectivity index (χ0n) is 44.6. The number of carboxylic acid groups (broad SMARTS) is 3. The summed E-state index contributed by atoms with van der Waals surface area (Å²) in [6, 6.07) is 3.47. The molecule has 0 saturated heterocycles. The van der Waals surface area contributed by atoms with E-state index in [1.165, 1.54) is 43.6 Å². The van der Waals surface area contributed by atoms with E-state index in [0.29, 0.717) is 31.4 Å². The fraction of sp³-hybridized carbons (Fsp3) is 0.511. The molecule has 0 aliphatic carbocycles. The minimum Gasteiger partial charge on any atom is -0.481 e. The van der Waals surface area contributed by atoms with Crippen molar-refractivity contribution in [3.8, 4) is 0 Å². The van der Waals surface area contributed by atoms with Crippen LogP contribution < -0.4 is 54.2 Å².